The summed E-state index contributed by atoms with van der Waals surface area (Å²) in [6.07, 6.45) is 0.902. The van der Waals surface area contributed by atoms with E-state index in [1.165, 1.54) is 0 Å². The average Bonchev–Trinajstić information content (AvgIpc) is 3.34. The van der Waals surface area contributed by atoms with Crippen molar-refractivity contribution in [3.05, 3.63) is 64.5 Å². The molecule has 0 aliphatic carbocycles. The van der Waals surface area contributed by atoms with E-state index in [1.807, 2.05) is 18.2 Å². The van der Waals surface area contributed by atoms with E-state index < -0.39 is 0 Å². The van der Waals surface area contributed by atoms with Gasteiger partial charge in [0.25, 0.3) is 0 Å². The van der Waals surface area contributed by atoms with Crippen molar-refractivity contribution in [1.82, 2.24) is 15.8 Å². The zero-order valence-electron chi connectivity index (χ0n) is 16.8. The van der Waals surface area contributed by atoms with E-state index in [-0.39, 0.29) is 11.9 Å². The molecule has 10 heteroatoms. The number of carbonyl (C=O) groups is 1. The minimum atomic E-state index is -0.0487. The standard InChI is InChI=1S/C21H24Cl2N6O2/c1-13(31-12-14-6-15(22)8-16(23)7-14)24-18-4-5-29(10-18)11-21(30)25-17-2-3-19-20(9-17)27-28-26-19/h2-3,6-9,18,24,26-28H,1,4-5,10-12H2,(H,25,30). The topological polar surface area (TPSA) is 89.7 Å². The first-order chi connectivity index (χ1) is 14.9. The third-order valence-corrected chi connectivity index (χ3v) is 5.47. The predicted octanol–water partition coefficient (Wildman–Crippen LogP) is 3.54. The van der Waals surface area contributed by atoms with Crippen LogP contribution in [0.1, 0.15) is 12.0 Å². The number of anilines is 3. The number of fused-ring (bicyclic) bond motifs is 1. The second-order valence-corrected chi connectivity index (χ2v) is 8.41. The van der Waals surface area contributed by atoms with Crippen LogP contribution in [0.15, 0.2) is 48.9 Å². The summed E-state index contributed by atoms with van der Waals surface area (Å²) in [5, 5.41) is 7.36. The molecule has 2 aromatic carbocycles. The molecule has 2 aromatic rings. The molecule has 1 fully saturated rings. The first kappa shape index (κ1) is 21.6. The summed E-state index contributed by atoms with van der Waals surface area (Å²) in [5.41, 5.74) is 12.2. The van der Waals surface area contributed by atoms with Gasteiger partial charge in [0.05, 0.1) is 17.9 Å². The van der Waals surface area contributed by atoms with E-state index in [0.717, 1.165) is 42.1 Å². The van der Waals surface area contributed by atoms with E-state index in [9.17, 15) is 4.79 Å². The fourth-order valence-corrected chi connectivity index (χ4v) is 4.20. The lowest BCUT2D eigenvalue weighted by Gasteiger charge is -2.18. The first-order valence-electron chi connectivity index (χ1n) is 9.91. The molecule has 5 N–H and O–H groups in total. The summed E-state index contributed by atoms with van der Waals surface area (Å²) in [4.78, 5) is 14.5. The molecule has 1 atom stereocenters. The molecule has 2 aliphatic rings. The number of benzene rings is 2. The van der Waals surface area contributed by atoms with Crippen LogP contribution in [-0.2, 0) is 16.1 Å². The van der Waals surface area contributed by atoms with Crippen molar-refractivity contribution >= 4 is 46.2 Å². The number of likely N-dealkylation sites (tertiary alicyclic amines) is 1. The van der Waals surface area contributed by atoms with Crippen molar-refractivity contribution in [2.45, 2.75) is 19.1 Å². The quantitative estimate of drug-likeness (QED) is 0.383. The molecular weight excluding hydrogens is 439 g/mol. The van der Waals surface area contributed by atoms with Gasteiger partial charge >= 0.3 is 0 Å². The van der Waals surface area contributed by atoms with Crippen molar-refractivity contribution in [3.8, 4) is 0 Å². The molecular formula is C21H24Cl2N6O2. The summed E-state index contributed by atoms with van der Waals surface area (Å²) < 4.78 is 5.70. The van der Waals surface area contributed by atoms with Gasteiger partial charge in [-0.25, -0.2) is 0 Å². The molecule has 1 saturated heterocycles. The third-order valence-electron chi connectivity index (χ3n) is 5.04. The van der Waals surface area contributed by atoms with Crippen LogP contribution in [0.3, 0.4) is 0 Å². The smallest absolute Gasteiger partial charge is 0.238 e. The Labute approximate surface area is 190 Å². The number of halogens is 2. The van der Waals surface area contributed by atoms with Crippen LogP contribution in [0, 0.1) is 0 Å². The summed E-state index contributed by atoms with van der Waals surface area (Å²) in [6.45, 7) is 6.14. The molecule has 0 radical (unpaired) electrons. The molecule has 1 amide bonds. The zero-order chi connectivity index (χ0) is 21.8. The van der Waals surface area contributed by atoms with Gasteiger partial charge in [-0.05, 0) is 55.0 Å². The maximum atomic E-state index is 12.4. The Bertz CT molecular complexity index is 966. The lowest BCUT2D eigenvalue weighted by Crippen LogP contribution is -2.36. The highest BCUT2D eigenvalue weighted by molar-refractivity contribution is 6.34. The van der Waals surface area contributed by atoms with Gasteiger partial charge in [-0.3, -0.25) is 9.69 Å². The number of hydrogen-bond donors (Lipinski definition) is 5. The van der Waals surface area contributed by atoms with Gasteiger partial charge in [0.1, 0.15) is 6.61 Å². The van der Waals surface area contributed by atoms with Gasteiger partial charge in [-0.2, -0.15) is 0 Å². The molecule has 0 spiro atoms. The van der Waals surface area contributed by atoms with E-state index in [2.05, 4.69) is 38.5 Å². The SMILES string of the molecule is C=C(NC1CCN(CC(=O)Nc2ccc3c(c2)NNN3)C1)OCc1cc(Cl)cc(Cl)c1. The highest BCUT2D eigenvalue weighted by Gasteiger charge is 2.24. The molecule has 8 nitrogen and oxygen atoms in total. The molecule has 0 saturated carbocycles. The van der Waals surface area contributed by atoms with E-state index in [4.69, 9.17) is 27.9 Å². The number of hydrazine groups is 2. The third kappa shape index (κ3) is 5.95. The van der Waals surface area contributed by atoms with Crippen LogP contribution >= 0.6 is 23.2 Å². The molecule has 2 heterocycles. The maximum absolute atomic E-state index is 12.4. The van der Waals surface area contributed by atoms with Crippen LogP contribution in [0.4, 0.5) is 17.1 Å². The molecule has 0 aromatic heterocycles. The summed E-state index contributed by atoms with van der Waals surface area (Å²) in [7, 11) is 0. The average molecular weight is 463 g/mol. The molecule has 4 rings (SSSR count). The molecule has 0 bridgehead atoms. The van der Waals surface area contributed by atoms with Crippen LogP contribution in [0.25, 0.3) is 0 Å². The van der Waals surface area contributed by atoms with Gasteiger partial charge in [-0.1, -0.05) is 23.2 Å². The Morgan fingerprint density at radius 3 is 2.74 bits per heavy atom. The Morgan fingerprint density at radius 2 is 1.94 bits per heavy atom. The fourth-order valence-electron chi connectivity index (χ4n) is 3.63. The second kappa shape index (κ2) is 9.65. The lowest BCUT2D eigenvalue weighted by molar-refractivity contribution is -0.117. The van der Waals surface area contributed by atoms with E-state index in [0.29, 0.717) is 29.1 Å². The number of rotatable bonds is 8. The number of nitrogens with zero attached hydrogens (tertiary/aromatic N) is 1. The van der Waals surface area contributed by atoms with Crippen molar-refractivity contribution in [2.24, 2.45) is 0 Å². The minimum absolute atomic E-state index is 0.0487. The number of nitrogens with one attached hydrogen (secondary N) is 5. The first-order valence-corrected chi connectivity index (χ1v) is 10.7. The van der Waals surface area contributed by atoms with Crippen LogP contribution < -0.4 is 27.0 Å². The summed E-state index contributed by atoms with van der Waals surface area (Å²) in [5.74, 6) is 0.438. The van der Waals surface area contributed by atoms with Crippen molar-refractivity contribution < 1.29 is 9.53 Å². The second-order valence-electron chi connectivity index (χ2n) is 7.54. The van der Waals surface area contributed by atoms with Gasteiger partial charge in [-0.15, -0.1) is 5.53 Å². The monoisotopic (exact) mass is 462 g/mol. The molecule has 1 unspecified atom stereocenters. The normalized spacial score (nSPS) is 17.4. The number of hydrogen-bond acceptors (Lipinski definition) is 7. The van der Waals surface area contributed by atoms with Crippen LogP contribution in [0.2, 0.25) is 10.0 Å². The van der Waals surface area contributed by atoms with E-state index >= 15 is 0 Å². The Kier molecular flexibility index (Phi) is 6.72. The Morgan fingerprint density at radius 1 is 1.16 bits per heavy atom. The Hall–Kier alpha value is -2.65. The largest absolute Gasteiger partial charge is 0.475 e. The van der Waals surface area contributed by atoms with Gasteiger partial charge in [0.2, 0.25) is 5.91 Å². The zero-order valence-corrected chi connectivity index (χ0v) is 18.3. The highest BCUT2D eigenvalue weighted by atomic mass is 35.5. The van der Waals surface area contributed by atoms with Gasteiger partial charge < -0.3 is 26.2 Å². The van der Waals surface area contributed by atoms with Gasteiger partial charge in [0, 0.05) is 34.9 Å². The lowest BCUT2D eigenvalue weighted by atomic mass is 10.2. The van der Waals surface area contributed by atoms with Gasteiger partial charge in [0.15, 0.2) is 5.88 Å². The van der Waals surface area contributed by atoms with E-state index in [1.54, 1.807) is 18.2 Å². The fraction of sp³-hybridized carbons (Fsp3) is 0.286. The number of ether oxygens (including phenoxy) is 1. The predicted molar refractivity (Wildman–Crippen MR) is 124 cm³/mol. The molecule has 164 valence electrons. The van der Waals surface area contributed by atoms with Crippen LogP contribution in [0.5, 0.6) is 0 Å². The highest BCUT2D eigenvalue weighted by Crippen LogP contribution is 2.27. The molecule has 31 heavy (non-hydrogen) atoms. The molecule has 2 aliphatic heterocycles. The number of amides is 1. The van der Waals surface area contributed by atoms with Crippen molar-refractivity contribution in [1.29, 1.82) is 0 Å². The maximum Gasteiger partial charge on any atom is 0.238 e. The Balaban J connectivity index is 1.19. The van der Waals surface area contributed by atoms with Crippen molar-refractivity contribution in [2.75, 3.05) is 35.8 Å². The number of carbonyl (C=O) groups excluding carboxylic acids is 1. The minimum Gasteiger partial charge on any atom is -0.475 e. The summed E-state index contributed by atoms with van der Waals surface area (Å²) >= 11 is 12.0. The summed E-state index contributed by atoms with van der Waals surface area (Å²) in [6, 6.07) is 11.1. The van der Waals surface area contributed by atoms with Crippen LogP contribution in [-0.4, -0.2) is 36.5 Å². The van der Waals surface area contributed by atoms with Crippen molar-refractivity contribution in [3.63, 3.8) is 0 Å².